The molecule has 1 heterocycles. The Hall–Kier alpha value is -2.93. The molecule has 27 heavy (non-hydrogen) atoms. The molecule has 8 heteroatoms. The molecule has 0 spiro atoms. The summed E-state index contributed by atoms with van der Waals surface area (Å²) in [4.78, 5) is 37.0. The van der Waals surface area contributed by atoms with Gasteiger partial charge in [-0.05, 0) is 17.7 Å². The molecule has 1 aliphatic rings. The highest BCUT2D eigenvalue weighted by Crippen LogP contribution is 2.21. The normalized spacial score (nSPS) is 14.8. The number of carbonyl (C=O) groups is 3. The second-order valence-corrected chi connectivity index (χ2v) is 6.37. The molecule has 1 unspecified atom stereocenters. The summed E-state index contributed by atoms with van der Waals surface area (Å²) in [5.41, 5.74) is 0.776. The van der Waals surface area contributed by atoms with Crippen LogP contribution in [0.5, 0.6) is 0 Å². The molecule has 1 saturated heterocycles. The Kier molecular flexibility index (Phi) is 5.71. The molecule has 0 bridgehead atoms. The van der Waals surface area contributed by atoms with Gasteiger partial charge in [0.15, 0.2) is 6.61 Å². The summed E-state index contributed by atoms with van der Waals surface area (Å²) in [5, 5.41) is 2.89. The third kappa shape index (κ3) is 4.43. The quantitative estimate of drug-likeness (QED) is 0.823. The average Bonchev–Trinajstić information content (AvgIpc) is 2.97. The maximum absolute atomic E-state index is 13.9. The minimum Gasteiger partial charge on any atom is -0.439 e. The number of cyclic esters (lactones) is 1. The Morgan fingerprint density at radius 2 is 1.93 bits per heavy atom. The van der Waals surface area contributed by atoms with Crippen LogP contribution in [0.3, 0.4) is 0 Å². The van der Waals surface area contributed by atoms with Crippen molar-refractivity contribution < 1.29 is 23.5 Å². The first-order valence-electron chi connectivity index (χ1n) is 8.20. The fourth-order valence-electron chi connectivity index (χ4n) is 2.77. The number of nitrogens with one attached hydrogen (secondary N) is 1. The van der Waals surface area contributed by atoms with Crippen molar-refractivity contribution in [3.63, 3.8) is 0 Å². The van der Waals surface area contributed by atoms with Crippen LogP contribution in [0, 0.1) is 5.82 Å². The molecule has 1 fully saturated rings. The van der Waals surface area contributed by atoms with Gasteiger partial charge >= 0.3 is 6.09 Å². The van der Waals surface area contributed by atoms with Crippen LogP contribution in [0.4, 0.5) is 9.18 Å². The maximum Gasteiger partial charge on any atom is 0.417 e. The van der Waals surface area contributed by atoms with Crippen LogP contribution in [0.1, 0.15) is 17.2 Å². The molecule has 1 N–H and O–H groups in total. The van der Waals surface area contributed by atoms with E-state index in [-0.39, 0.29) is 30.2 Å². The molecule has 3 rings (SSSR count). The Morgan fingerprint density at radius 1 is 1.19 bits per heavy atom. The number of hydrogen-bond donors (Lipinski definition) is 1. The van der Waals surface area contributed by atoms with Crippen LogP contribution < -0.4 is 5.32 Å². The summed E-state index contributed by atoms with van der Waals surface area (Å²) < 4.78 is 18.6. The highest BCUT2D eigenvalue weighted by Gasteiger charge is 2.33. The van der Waals surface area contributed by atoms with Crippen molar-refractivity contribution in [3.05, 3.63) is 70.5 Å². The number of imide groups is 1. The van der Waals surface area contributed by atoms with Gasteiger partial charge in [0.1, 0.15) is 5.82 Å². The summed E-state index contributed by atoms with van der Waals surface area (Å²) in [5.74, 6) is -1.55. The third-order valence-electron chi connectivity index (χ3n) is 4.14. The van der Waals surface area contributed by atoms with Gasteiger partial charge < -0.3 is 10.1 Å². The smallest absolute Gasteiger partial charge is 0.417 e. The van der Waals surface area contributed by atoms with Crippen molar-refractivity contribution in [2.24, 2.45) is 0 Å². The van der Waals surface area contributed by atoms with Crippen molar-refractivity contribution in [2.75, 3.05) is 13.2 Å². The highest BCUT2D eigenvalue weighted by atomic mass is 35.5. The lowest BCUT2D eigenvalue weighted by molar-refractivity contribution is -0.127. The first kappa shape index (κ1) is 18.8. The number of amides is 3. The lowest BCUT2D eigenvalue weighted by Gasteiger charge is -2.23. The highest BCUT2D eigenvalue weighted by molar-refractivity contribution is 6.31. The van der Waals surface area contributed by atoms with Crippen LogP contribution >= 0.6 is 11.6 Å². The minimum atomic E-state index is -0.757. The van der Waals surface area contributed by atoms with Gasteiger partial charge in [0.05, 0.1) is 19.0 Å². The van der Waals surface area contributed by atoms with Crippen molar-refractivity contribution in [2.45, 2.75) is 12.5 Å². The Bertz CT molecular complexity index is 839. The van der Waals surface area contributed by atoms with E-state index in [1.165, 1.54) is 18.2 Å². The zero-order valence-electron chi connectivity index (χ0n) is 14.2. The number of rotatable bonds is 6. The number of ether oxygens (including phenoxy) is 1. The van der Waals surface area contributed by atoms with E-state index in [1.807, 2.05) is 0 Å². The Labute approximate surface area is 159 Å². The molecule has 1 atom stereocenters. The van der Waals surface area contributed by atoms with E-state index in [0.29, 0.717) is 5.56 Å². The van der Waals surface area contributed by atoms with Crippen LogP contribution in [-0.4, -0.2) is 36.0 Å². The Morgan fingerprint density at radius 3 is 2.56 bits per heavy atom. The standard InChI is InChI=1S/C19H16ClFN2O4/c20-14-7-4-8-15(21)13(14)9-17(24)22-16(12-5-2-1-3-6-12)10-23-18(25)11-27-19(23)26/h1-8,16H,9-11H2,(H,22,24). The lowest BCUT2D eigenvalue weighted by atomic mass is 10.1. The van der Waals surface area contributed by atoms with Crippen molar-refractivity contribution in [1.82, 2.24) is 10.2 Å². The van der Waals surface area contributed by atoms with Crippen molar-refractivity contribution in [1.29, 1.82) is 0 Å². The number of carbonyl (C=O) groups excluding carboxylic acids is 3. The van der Waals surface area contributed by atoms with Crippen molar-refractivity contribution in [3.8, 4) is 0 Å². The first-order valence-corrected chi connectivity index (χ1v) is 8.58. The Balaban J connectivity index is 1.78. The number of benzene rings is 2. The van der Waals surface area contributed by atoms with E-state index >= 15 is 0 Å². The second kappa shape index (κ2) is 8.18. The molecule has 0 aliphatic carbocycles. The van der Waals surface area contributed by atoms with Crippen LogP contribution in [0.25, 0.3) is 0 Å². The summed E-state index contributed by atoms with van der Waals surface area (Å²) in [6, 6.07) is 12.4. The average molecular weight is 391 g/mol. The zero-order valence-corrected chi connectivity index (χ0v) is 14.9. The molecule has 0 aromatic heterocycles. The van der Waals surface area contributed by atoms with Gasteiger partial charge in [-0.3, -0.25) is 9.59 Å². The molecule has 3 amide bonds. The van der Waals surface area contributed by atoms with Gasteiger partial charge in [-0.2, -0.15) is 0 Å². The first-order chi connectivity index (χ1) is 13.0. The number of halogens is 2. The fourth-order valence-corrected chi connectivity index (χ4v) is 3.00. The van der Waals surface area contributed by atoms with Gasteiger partial charge in [-0.1, -0.05) is 48.0 Å². The van der Waals surface area contributed by atoms with Crippen LogP contribution in [0.2, 0.25) is 5.02 Å². The third-order valence-corrected chi connectivity index (χ3v) is 4.50. The number of hydrogen-bond acceptors (Lipinski definition) is 4. The van der Waals surface area contributed by atoms with Crippen LogP contribution in [-0.2, 0) is 20.7 Å². The molecule has 0 saturated carbocycles. The molecular weight excluding hydrogens is 375 g/mol. The summed E-state index contributed by atoms with van der Waals surface area (Å²) in [6.07, 6.45) is -1.03. The molecule has 2 aromatic carbocycles. The number of nitrogens with zero attached hydrogens (tertiary/aromatic N) is 1. The predicted molar refractivity (Wildman–Crippen MR) is 95.5 cm³/mol. The minimum absolute atomic E-state index is 0.0835. The maximum atomic E-state index is 13.9. The molecule has 1 aliphatic heterocycles. The van der Waals surface area contributed by atoms with E-state index in [4.69, 9.17) is 16.3 Å². The summed E-state index contributed by atoms with van der Waals surface area (Å²) in [6.45, 7) is -0.405. The zero-order chi connectivity index (χ0) is 19.4. The van der Waals surface area contributed by atoms with E-state index in [1.54, 1.807) is 30.3 Å². The largest absolute Gasteiger partial charge is 0.439 e. The monoisotopic (exact) mass is 390 g/mol. The summed E-state index contributed by atoms with van der Waals surface area (Å²) in [7, 11) is 0. The van der Waals surface area contributed by atoms with E-state index in [0.717, 1.165) is 4.90 Å². The van der Waals surface area contributed by atoms with Gasteiger partial charge in [-0.25, -0.2) is 14.1 Å². The molecule has 6 nitrogen and oxygen atoms in total. The molecule has 2 aromatic rings. The molecule has 140 valence electrons. The van der Waals surface area contributed by atoms with Gasteiger partial charge in [0.25, 0.3) is 5.91 Å². The van der Waals surface area contributed by atoms with E-state index in [2.05, 4.69) is 5.32 Å². The van der Waals surface area contributed by atoms with Gasteiger partial charge in [0, 0.05) is 10.6 Å². The lowest BCUT2D eigenvalue weighted by Crippen LogP contribution is -2.41. The fraction of sp³-hybridized carbons (Fsp3) is 0.211. The van der Waals surface area contributed by atoms with Gasteiger partial charge in [-0.15, -0.1) is 0 Å². The SMILES string of the molecule is O=C(Cc1c(F)cccc1Cl)NC(CN1C(=O)COC1=O)c1ccccc1. The predicted octanol–water partition coefficient (Wildman–Crippen LogP) is 2.86. The van der Waals surface area contributed by atoms with E-state index in [9.17, 15) is 18.8 Å². The summed E-state index contributed by atoms with van der Waals surface area (Å²) >= 11 is 5.97. The van der Waals surface area contributed by atoms with Gasteiger partial charge in [0.2, 0.25) is 5.91 Å². The van der Waals surface area contributed by atoms with Crippen molar-refractivity contribution >= 4 is 29.5 Å². The molecule has 0 radical (unpaired) electrons. The second-order valence-electron chi connectivity index (χ2n) is 5.97. The van der Waals surface area contributed by atoms with E-state index < -0.39 is 29.8 Å². The van der Waals surface area contributed by atoms with Crippen LogP contribution in [0.15, 0.2) is 48.5 Å². The molecular formula is C19H16ClFN2O4. The topological polar surface area (TPSA) is 75.7 Å².